The van der Waals surface area contributed by atoms with Crippen LogP contribution in [0, 0.1) is 12.8 Å². The van der Waals surface area contributed by atoms with E-state index >= 15 is 0 Å². The smallest absolute Gasteiger partial charge is 0.276 e. The maximum atomic E-state index is 12.7. The fourth-order valence-corrected chi connectivity index (χ4v) is 3.52. The number of hydrazine groups is 1. The van der Waals surface area contributed by atoms with Crippen molar-refractivity contribution in [2.24, 2.45) is 5.92 Å². The van der Waals surface area contributed by atoms with Crippen LogP contribution in [0.2, 0.25) is 10.0 Å². The molecule has 31 heavy (non-hydrogen) atoms. The summed E-state index contributed by atoms with van der Waals surface area (Å²) in [6.07, 6.45) is 1.33. The first kappa shape index (κ1) is 22.9. The van der Waals surface area contributed by atoms with Crippen molar-refractivity contribution in [3.05, 3.63) is 63.6 Å². The van der Waals surface area contributed by atoms with Gasteiger partial charge in [0, 0.05) is 28.7 Å². The summed E-state index contributed by atoms with van der Waals surface area (Å²) >= 11 is 11.8. The number of rotatable bonds is 5. The first-order chi connectivity index (χ1) is 14.8. The van der Waals surface area contributed by atoms with Crippen LogP contribution in [0.25, 0.3) is 0 Å². The van der Waals surface area contributed by atoms with Gasteiger partial charge >= 0.3 is 0 Å². The number of aryl methyl sites for hydroxylation is 1. The Hall–Kier alpha value is -2.77. The highest BCUT2D eigenvalue weighted by molar-refractivity contribution is 6.31. The topological polar surface area (TPSA) is 87.7 Å². The van der Waals surface area contributed by atoms with E-state index in [0.29, 0.717) is 40.7 Å². The highest BCUT2D eigenvalue weighted by Gasteiger charge is 2.29. The predicted molar refractivity (Wildman–Crippen MR) is 118 cm³/mol. The lowest BCUT2D eigenvalue weighted by molar-refractivity contribution is -0.132. The van der Waals surface area contributed by atoms with Crippen LogP contribution in [0.4, 0.5) is 0 Å². The number of carbonyl (C=O) groups is 3. The Morgan fingerprint density at radius 2 is 1.84 bits per heavy atom. The average Bonchev–Trinajstić information content (AvgIpc) is 2.78. The molecule has 2 aromatic rings. The summed E-state index contributed by atoms with van der Waals surface area (Å²) in [6.45, 7) is 2.43. The SMILES string of the molecule is Cc1cc(OCC(=O)NNC(=O)[C@H]2CCCN(C(=O)c3ccc(Cl)cc3)C2)ccc1Cl. The van der Waals surface area contributed by atoms with E-state index in [1.54, 1.807) is 47.4 Å². The second kappa shape index (κ2) is 10.5. The molecule has 0 bridgehead atoms. The quantitative estimate of drug-likeness (QED) is 0.665. The lowest BCUT2D eigenvalue weighted by Crippen LogP contribution is -2.50. The van der Waals surface area contributed by atoms with Gasteiger partial charge < -0.3 is 9.64 Å². The number of carbonyl (C=O) groups excluding carboxylic acids is 3. The Balaban J connectivity index is 1.46. The Kier molecular flexibility index (Phi) is 7.76. The number of ether oxygens (including phenoxy) is 1. The minimum Gasteiger partial charge on any atom is -0.484 e. The minimum atomic E-state index is -0.495. The van der Waals surface area contributed by atoms with Gasteiger partial charge in [0.1, 0.15) is 5.75 Å². The molecule has 1 aliphatic heterocycles. The molecule has 1 saturated heterocycles. The van der Waals surface area contributed by atoms with Gasteiger partial charge in [0.2, 0.25) is 5.91 Å². The number of halogens is 2. The molecule has 3 rings (SSSR count). The molecule has 1 fully saturated rings. The van der Waals surface area contributed by atoms with Crippen molar-refractivity contribution in [2.45, 2.75) is 19.8 Å². The van der Waals surface area contributed by atoms with E-state index in [0.717, 1.165) is 5.56 Å². The first-order valence-corrected chi connectivity index (χ1v) is 10.6. The summed E-state index contributed by atoms with van der Waals surface area (Å²) in [5.41, 5.74) is 6.13. The van der Waals surface area contributed by atoms with Gasteiger partial charge in [-0.1, -0.05) is 23.2 Å². The fourth-order valence-electron chi connectivity index (χ4n) is 3.28. The summed E-state index contributed by atoms with van der Waals surface area (Å²) in [5.74, 6) is -0.892. The van der Waals surface area contributed by atoms with Crippen LogP contribution in [0.5, 0.6) is 5.75 Å². The number of amides is 3. The van der Waals surface area contributed by atoms with Crippen LogP contribution in [0.15, 0.2) is 42.5 Å². The van der Waals surface area contributed by atoms with Gasteiger partial charge in [-0.2, -0.15) is 0 Å². The molecule has 3 amide bonds. The molecule has 1 atom stereocenters. The monoisotopic (exact) mass is 463 g/mol. The molecule has 0 aromatic heterocycles. The van der Waals surface area contributed by atoms with Gasteiger partial charge in [0.15, 0.2) is 6.61 Å². The van der Waals surface area contributed by atoms with Gasteiger partial charge in [0.05, 0.1) is 5.92 Å². The normalized spacial score (nSPS) is 15.8. The van der Waals surface area contributed by atoms with Crippen LogP contribution >= 0.6 is 23.2 Å². The van der Waals surface area contributed by atoms with E-state index in [2.05, 4.69) is 10.9 Å². The van der Waals surface area contributed by atoms with E-state index in [1.807, 2.05) is 6.92 Å². The second-order valence-corrected chi connectivity index (χ2v) is 8.18. The van der Waals surface area contributed by atoms with E-state index in [4.69, 9.17) is 27.9 Å². The lowest BCUT2D eigenvalue weighted by atomic mass is 9.96. The summed E-state index contributed by atoms with van der Waals surface area (Å²) in [4.78, 5) is 38.8. The van der Waals surface area contributed by atoms with Crippen LogP contribution in [0.3, 0.4) is 0 Å². The van der Waals surface area contributed by atoms with Crippen LogP contribution in [-0.4, -0.2) is 42.3 Å². The number of likely N-dealkylation sites (tertiary alicyclic amines) is 1. The highest BCUT2D eigenvalue weighted by Crippen LogP contribution is 2.21. The van der Waals surface area contributed by atoms with E-state index < -0.39 is 11.8 Å². The third-order valence-electron chi connectivity index (χ3n) is 5.00. The molecule has 1 aliphatic rings. The van der Waals surface area contributed by atoms with Crippen molar-refractivity contribution in [1.29, 1.82) is 0 Å². The number of nitrogens with zero attached hydrogens (tertiary/aromatic N) is 1. The Morgan fingerprint density at radius 1 is 1.10 bits per heavy atom. The predicted octanol–water partition coefficient (Wildman–Crippen LogP) is 3.38. The summed E-state index contributed by atoms with van der Waals surface area (Å²) in [6, 6.07) is 11.7. The maximum Gasteiger partial charge on any atom is 0.276 e. The zero-order chi connectivity index (χ0) is 22.4. The van der Waals surface area contributed by atoms with Crippen LogP contribution < -0.4 is 15.6 Å². The molecule has 7 nitrogen and oxygen atoms in total. The van der Waals surface area contributed by atoms with E-state index in [1.165, 1.54) is 0 Å². The Bertz CT molecular complexity index is 966. The minimum absolute atomic E-state index is 0.148. The van der Waals surface area contributed by atoms with Crippen molar-refractivity contribution in [2.75, 3.05) is 19.7 Å². The molecule has 0 aliphatic carbocycles. The number of hydrogen-bond donors (Lipinski definition) is 2. The molecule has 164 valence electrons. The van der Waals surface area contributed by atoms with Gasteiger partial charge in [-0.25, -0.2) is 0 Å². The van der Waals surface area contributed by atoms with E-state index in [9.17, 15) is 14.4 Å². The number of hydrogen-bond acceptors (Lipinski definition) is 4. The third-order valence-corrected chi connectivity index (χ3v) is 5.67. The molecule has 0 spiro atoms. The molecule has 2 N–H and O–H groups in total. The highest BCUT2D eigenvalue weighted by atomic mass is 35.5. The molecule has 9 heteroatoms. The van der Waals surface area contributed by atoms with Gasteiger partial charge in [-0.15, -0.1) is 0 Å². The van der Waals surface area contributed by atoms with Gasteiger partial charge in [-0.05, 0) is 67.8 Å². The van der Waals surface area contributed by atoms with Crippen LogP contribution in [-0.2, 0) is 9.59 Å². The lowest BCUT2D eigenvalue weighted by Gasteiger charge is -2.32. The number of piperidine rings is 1. The molecular weight excluding hydrogens is 441 g/mol. The van der Waals surface area contributed by atoms with E-state index in [-0.39, 0.29) is 25.0 Å². The molecule has 0 radical (unpaired) electrons. The second-order valence-electron chi connectivity index (χ2n) is 7.33. The summed E-state index contributed by atoms with van der Waals surface area (Å²) in [5, 5.41) is 1.17. The Morgan fingerprint density at radius 3 is 2.55 bits per heavy atom. The van der Waals surface area contributed by atoms with Gasteiger partial charge in [-0.3, -0.25) is 25.2 Å². The summed E-state index contributed by atoms with van der Waals surface area (Å²) < 4.78 is 5.40. The van der Waals surface area contributed by atoms with Crippen molar-refractivity contribution >= 4 is 40.9 Å². The first-order valence-electron chi connectivity index (χ1n) is 9.86. The van der Waals surface area contributed by atoms with Crippen molar-refractivity contribution < 1.29 is 19.1 Å². The average molecular weight is 464 g/mol. The maximum absolute atomic E-state index is 12.7. The largest absolute Gasteiger partial charge is 0.484 e. The van der Waals surface area contributed by atoms with Crippen molar-refractivity contribution in [1.82, 2.24) is 15.8 Å². The summed E-state index contributed by atoms with van der Waals surface area (Å²) in [7, 11) is 0. The zero-order valence-electron chi connectivity index (χ0n) is 17.0. The van der Waals surface area contributed by atoms with Crippen molar-refractivity contribution in [3.63, 3.8) is 0 Å². The molecule has 1 heterocycles. The molecular formula is C22H23Cl2N3O4. The fraction of sp³-hybridized carbons (Fsp3) is 0.318. The Labute approximate surface area is 190 Å². The van der Waals surface area contributed by atoms with Crippen LogP contribution in [0.1, 0.15) is 28.8 Å². The number of benzene rings is 2. The van der Waals surface area contributed by atoms with Crippen molar-refractivity contribution in [3.8, 4) is 5.75 Å². The number of nitrogens with one attached hydrogen (secondary N) is 2. The molecule has 0 unspecified atom stereocenters. The molecule has 0 saturated carbocycles. The van der Waals surface area contributed by atoms with Gasteiger partial charge in [0.25, 0.3) is 11.8 Å². The third kappa shape index (κ3) is 6.35. The molecule has 2 aromatic carbocycles. The zero-order valence-corrected chi connectivity index (χ0v) is 18.5. The standard InChI is InChI=1S/C22H23Cl2N3O4/c1-14-11-18(8-9-19(14)24)31-13-20(28)25-26-21(29)16-3-2-10-27(12-16)22(30)15-4-6-17(23)7-5-15/h4-9,11,16H,2-3,10,12-13H2,1H3,(H,25,28)(H,26,29)/t16-/m0/s1.